The molecule has 0 aliphatic heterocycles. The van der Waals surface area contributed by atoms with Crippen LogP contribution >= 0.6 is 11.6 Å². The predicted octanol–water partition coefficient (Wildman–Crippen LogP) is 3.17. The highest BCUT2D eigenvalue weighted by atomic mass is 35.5. The van der Waals surface area contributed by atoms with Gasteiger partial charge in [0.15, 0.2) is 0 Å². The van der Waals surface area contributed by atoms with E-state index in [1.807, 2.05) is 24.3 Å². The Labute approximate surface area is 134 Å². The quantitative estimate of drug-likeness (QED) is 0.733. The van der Waals surface area contributed by atoms with Gasteiger partial charge in [-0.15, -0.1) is 0 Å². The minimum absolute atomic E-state index is 0.00586. The molecule has 0 bridgehead atoms. The Bertz CT molecular complexity index is 577. The van der Waals surface area contributed by atoms with Crippen molar-refractivity contribution in [3.05, 3.63) is 70.5 Å². The summed E-state index contributed by atoms with van der Waals surface area (Å²) in [6.07, 6.45) is 0. The SMILES string of the molecule is OCCOCCNC(c1ccc(F)cc1)c1ccccc1Cl. The molecule has 0 saturated heterocycles. The summed E-state index contributed by atoms with van der Waals surface area (Å²) in [6.45, 7) is 1.39. The summed E-state index contributed by atoms with van der Waals surface area (Å²) >= 11 is 6.28. The fraction of sp³-hybridized carbons (Fsp3) is 0.294. The van der Waals surface area contributed by atoms with Crippen molar-refractivity contribution in [1.82, 2.24) is 5.32 Å². The van der Waals surface area contributed by atoms with E-state index in [0.29, 0.717) is 24.8 Å². The maximum absolute atomic E-state index is 13.1. The van der Waals surface area contributed by atoms with Crippen molar-refractivity contribution in [2.24, 2.45) is 0 Å². The van der Waals surface area contributed by atoms with Crippen LogP contribution in [0.2, 0.25) is 5.02 Å². The summed E-state index contributed by atoms with van der Waals surface area (Å²) in [5.74, 6) is -0.270. The first-order chi connectivity index (χ1) is 10.7. The summed E-state index contributed by atoms with van der Waals surface area (Å²) in [7, 11) is 0. The van der Waals surface area contributed by atoms with Gasteiger partial charge in [0.2, 0.25) is 0 Å². The van der Waals surface area contributed by atoms with Crippen molar-refractivity contribution >= 4 is 11.6 Å². The van der Waals surface area contributed by atoms with Gasteiger partial charge in [0.1, 0.15) is 5.82 Å². The van der Waals surface area contributed by atoms with Gasteiger partial charge in [-0.25, -0.2) is 4.39 Å². The van der Waals surface area contributed by atoms with E-state index in [1.54, 1.807) is 12.1 Å². The molecule has 22 heavy (non-hydrogen) atoms. The van der Waals surface area contributed by atoms with E-state index in [-0.39, 0.29) is 18.5 Å². The highest BCUT2D eigenvalue weighted by molar-refractivity contribution is 6.31. The molecule has 118 valence electrons. The van der Waals surface area contributed by atoms with E-state index in [0.717, 1.165) is 11.1 Å². The second kappa shape index (κ2) is 8.86. The van der Waals surface area contributed by atoms with Crippen LogP contribution in [0.4, 0.5) is 4.39 Å². The summed E-state index contributed by atoms with van der Waals surface area (Å²) in [6, 6.07) is 13.8. The molecular weight excluding hydrogens is 305 g/mol. The molecule has 3 nitrogen and oxygen atoms in total. The molecule has 0 saturated carbocycles. The molecular formula is C17H19ClFNO2. The first-order valence-electron chi connectivity index (χ1n) is 7.14. The number of rotatable bonds is 8. The van der Waals surface area contributed by atoms with Gasteiger partial charge < -0.3 is 15.2 Å². The van der Waals surface area contributed by atoms with Crippen LogP contribution in [0, 0.1) is 5.82 Å². The van der Waals surface area contributed by atoms with Gasteiger partial charge in [-0.05, 0) is 29.3 Å². The van der Waals surface area contributed by atoms with Crippen molar-refractivity contribution in [3.63, 3.8) is 0 Å². The third-order valence-corrected chi connectivity index (χ3v) is 3.59. The second-order valence-electron chi connectivity index (χ2n) is 4.80. The first kappa shape index (κ1) is 16.9. The zero-order chi connectivity index (χ0) is 15.8. The Hall–Kier alpha value is -1.46. The van der Waals surface area contributed by atoms with E-state index in [2.05, 4.69) is 5.32 Å². The molecule has 0 aromatic heterocycles. The van der Waals surface area contributed by atoms with Crippen LogP contribution < -0.4 is 5.32 Å². The monoisotopic (exact) mass is 323 g/mol. The molecule has 5 heteroatoms. The van der Waals surface area contributed by atoms with Crippen molar-refractivity contribution < 1.29 is 14.2 Å². The Morgan fingerprint density at radius 3 is 2.50 bits per heavy atom. The highest BCUT2D eigenvalue weighted by Gasteiger charge is 2.16. The van der Waals surface area contributed by atoms with Crippen LogP contribution in [-0.4, -0.2) is 31.5 Å². The lowest BCUT2D eigenvalue weighted by molar-refractivity contribution is 0.0931. The number of ether oxygens (including phenoxy) is 1. The van der Waals surface area contributed by atoms with Crippen LogP contribution in [0.25, 0.3) is 0 Å². The maximum Gasteiger partial charge on any atom is 0.123 e. The van der Waals surface area contributed by atoms with Gasteiger partial charge >= 0.3 is 0 Å². The van der Waals surface area contributed by atoms with Crippen LogP contribution in [0.5, 0.6) is 0 Å². The molecule has 0 fully saturated rings. The fourth-order valence-corrected chi connectivity index (χ4v) is 2.46. The Balaban J connectivity index is 2.14. The minimum Gasteiger partial charge on any atom is -0.394 e. The number of aliphatic hydroxyl groups is 1. The third-order valence-electron chi connectivity index (χ3n) is 3.25. The number of benzene rings is 2. The lowest BCUT2D eigenvalue weighted by Gasteiger charge is -2.21. The van der Waals surface area contributed by atoms with Crippen molar-refractivity contribution in [1.29, 1.82) is 0 Å². The zero-order valence-electron chi connectivity index (χ0n) is 12.1. The number of halogens is 2. The average molecular weight is 324 g/mol. The van der Waals surface area contributed by atoms with Crippen LogP contribution in [0.1, 0.15) is 17.2 Å². The Kier molecular flexibility index (Phi) is 6.80. The van der Waals surface area contributed by atoms with Crippen LogP contribution in [0.3, 0.4) is 0 Å². The lowest BCUT2D eigenvalue weighted by Crippen LogP contribution is -2.27. The van der Waals surface area contributed by atoms with E-state index in [9.17, 15) is 4.39 Å². The summed E-state index contributed by atoms with van der Waals surface area (Å²) in [5.41, 5.74) is 1.86. The van der Waals surface area contributed by atoms with E-state index in [4.69, 9.17) is 21.4 Å². The van der Waals surface area contributed by atoms with Crippen LogP contribution in [-0.2, 0) is 4.74 Å². The van der Waals surface area contributed by atoms with Gasteiger partial charge in [0, 0.05) is 11.6 Å². The number of nitrogens with one attached hydrogen (secondary N) is 1. The standard InChI is InChI=1S/C17H19ClFNO2/c18-16-4-2-1-3-15(16)17(20-9-11-22-12-10-21)13-5-7-14(19)8-6-13/h1-8,17,20-21H,9-12H2. The summed E-state index contributed by atoms with van der Waals surface area (Å²) in [4.78, 5) is 0. The summed E-state index contributed by atoms with van der Waals surface area (Å²) < 4.78 is 18.4. The fourth-order valence-electron chi connectivity index (χ4n) is 2.21. The number of hydrogen-bond acceptors (Lipinski definition) is 3. The summed E-state index contributed by atoms with van der Waals surface area (Å²) in [5, 5.41) is 12.7. The first-order valence-corrected chi connectivity index (χ1v) is 7.52. The molecule has 2 aromatic carbocycles. The van der Waals surface area contributed by atoms with E-state index in [1.165, 1.54) is 12.1 Å². The van der Waals surface area contributed by atoms with Crippen molar-refractivity contribution in [3.8, 4) is 0 Å². The zero-order valence-corrected chi connectivity index (χ0v) is 12.9. The molecule has 0 spiro atoms. The molecule has 2 N–H and O–H groups in total. The molecule has 0 aliphatic rings. The largest absolute Gasteiger partial charge is 0.394 e. The molecule has 1 unspecified atom stereocenters. The molecule has 0 aliphatic carbocycles. The van der Waals surface area contributed by atoms with Gasteiger partial charge in [0.05, 0.1) is 25.9 Å². The van der Waals surface area contributed by atoms with Gasteiger partial charge in [0.25, 0.3) is 0 Å². The second-order valence-corrected chi connectivity index (χ2v) is 5.20. The topological polar surface area (TPSA) is 41.5 Å². The van der Waals surface area contributed by atoms with E-state index < -0.39 is 0 Å². The normalized spacial score (nSPS) is 12.3. The average Bonchev–Trinajstić information content (AvgIpc) is 2.53. The lowest BCUT2D eigenvalue weighted by atomic mass is 9.98. The number of hydrogen-bond donors (Lipinski definition) is 2. The van der Waals surface area contributed by atoms with Crippen molar-refractivity contribution in [2.45, 2.75) is 6.04 Å². The maximum atomic E-state index is 13.1. The molecule has 0 radical (unpaired) electrons. The Morgan fingerprint density at radius 2 is 1.82 bits per heavy atom. The van der Waals surface area contributed by atoms with Gasteiger partial charge in [-0.1, -0.05) is 41.9 Å². The predicted molar refractivity (Wildman–Crippen MR) is 85.6 cm³/mol. The third kappa shape index (κ3) is 4.78. The van der Waals surface area contributed by atoms with Gasteiger partial charge in [-0.3, -0.25) is 0 Å². The minimum atomic E-state index is -0.270. The van der Waals surface area contributed by atoms with Gasteiger partial charge in [-0.2, -0.15) is 0 Å². The smallest absolute Gasteiger partial charge is 0.123 e. The Morgan fingerprint density at radius 1 is 1.09 bits per heavy atom. The van der Waals surface area contributed by atoms with Crippen LogP contribution in [0.15, 0.2) is 48.5 Å². The highest BCUT2D eigenvalue weighted by Crippen LogP contribution is 2.28. The molecule has 1 atom stereocenters. The molecule has 0 heterocycles. The molecule has 2 rings (SSSR count). The molecule has 0 amide bonds. The van der Waals surface area contributed by atoms with Crippen molar-refractivity contribution in [2.75, 3.05) is 26.4 Å². The molecule has 2 aromatic rings. The van der Waals surface area contributed by atoms with E-state index >= 15 is 0 Å². The number of aliphatic hydroxyl groups excluding tert-OH is 1.